The Morgan fingerprint density at radius 2 is 2.21 bits per heavy atom. The smallest absolute Gasteiger partial charge is 0.215 e. The number of methoxy groups -OCH3 is 1. The summed E-state index contributed by atoms with van der Waals surface area (Å²) < 4.78 is 5.09. The Hall–Kier alpha value is -1.09. The SMILES string of the molecule is COc1ncc(CCCCN)cc1C. The molecule has 3 nitrogen and oxygen atoms in total. The lowest BCUT2D eigenvalue weighted by atomic mass is 10.1. The Morgan fingerprint density at radius 3 is 2.79 bits per heavy atom. The molecule has 0 amide bonds. The summed E-state index contributed by atoms with van der Waals surface area (Å²) in [6.07, 6.45) is 5.13. The molecule has 0 aromatic carbocycles. The van der Waals surface area contributed by atoms with Crippen LogP contribution in [0.2, 0.25) is 0 Å². The largest absolute Gasteiger partial charge is 0.481 e. The van der Waals surface area contributed by atoms with E-state index < -0.39 is 0 Å². The summed E-state index contributed by atoms with van der Waals surface area (Å²) in [6, 6.07) is 2.13. The number of ether oxygens (including phenoxy) is 1. The first-order chi connectivity index (χ1) is 6.77. The van der Waals surface area contributed by atoms with Crippen LogP contribution in [0.5, 0.6) is 5.88 Å². The van der Waals surface area contributed by atoms with Crippen LogP contribution in [-0.4, -0.2) is 18.6 Å². The molecule has 0 saturated heterocycles. The molecule has 1 aromatic rings. The molecule has 3 heteroatoms. The van der Waals surface area contributed by atoms with Crippen molar-refractivity contribution < 1.29 is 4.74 Å². The van der Waals surface area contributed by atoms with E-state index in [4.69, 9.17) is 10.5 Å². The molecule has 2 N–H and O–H groups in total. The predicted octanol–water partition coefficient (Wildman–Crippen LogP) is 1.68. The van der Waals surface area contributed by atoms with E-state index in [2.05, 4.69) is 11.1 Å². The highest BCUT2D eigenvalue weighted by atomic mass is 16.5. The second-order valence-electron chi connectivity index (χ2n) is 3.42. The van der Waals surface area contributed by atoms with E-state index in [9.17, 15) is 0 Å². The van der Waals surface area contributed by atoms with E-state index in [-0.39, 0.29) is 0 Å². The van der Waals surface area contributed by atoms with Crippen molar-refractivity contribution >= 4 is 0 Å². The molecule has 0 radical (unpaired) electrons. The molecule has 78 valence electrons. The molecule has 0 aliphatic rings. The predicted molar refractivity (Wildman–Crippen MR) is 57.5 cm³/mol. The van der Waals surface area contributed by atoms with Crippen LogP contribution in [0.25, 0.3) is 0 Å². The lowest BCUT2D eigenvalue weighted by molar-refractivity contribution is 0.394. The van der Waals surface area contributed by atoms with Gasteiger partial charge in [-0.15, -0.1) is 0 Å². The van der Waals surface area contributed by atoms with Crippen molar-refractivity contribution in [2.75, 3.05) is 13.7 Å². The quantitative estimate of drug-likeness (QED) is 0.725. The van der Waals surface area contributed by atoms with Gasteiger partial charge in [-0.25, -0.2) is 4.98 Å². The average Bonchev–Trinajstić information content (AvgIpc) is 2.18. The van der Waals surface area contributed by atoms with Crippen molar-refractivity contribution in [3.05, 3.63) is 23.4 Å². The molecule has 14 heavy (non-hydrogen) atoms. The lowest BCUT2D eigenvalue weighted by Crippen LogP contribution is -1.99. The van der Waals surface area contributed by atoms with Crippen LogP contribution in [-0.2, 0) is 6.42 Å². The second kappa shape index (κ2) is 5.60. The molecule has 0 spiro atoms. The molecule has 0 aliphatic heterocycles. The van der Waals surface area contributed by atoms with Crippen LogP contribution in [0.4, 0.5) is 0 Å². The van der Waals surface area contributed by atoms with Gasteiger partial charge in [0.05, 0.1) is 7.11 Å². The third-order valence-electron chi connectivity index (χ3n) is 2.20. The van der Waals surface area contributed by atoms with Crippen LogP contribution < -0.4 is 10.5 Å². The minimum atomic E-state index is 0.715. The van der Waals surface area contributed by atoms with Gasteiger partial charge in [0.1, 0.15) is 0 Å². The van der Waals surface area contributed by atoms with Gasteiger partial charge in [0.2, 0.25) is 5.88 Å². The minimum absolute atomic E-state index is 0.715. The van der Waals surface area contributed by atoms with E-state index in [1.807, 2.05) is 13.1 Å². The summed E-state index contributed by atoms with van der Waals surface area (Å²) in [5.74, 6) is 0.715. The average molecular weight is 194 g/mol. The van der Waals surface area contributed by atoms with Crippen LogP contribution in [0, 0.1) is 6.92 Å². The number of aryl methyl sites for hydroxylation is 2. The van der Waals surface area contributed by atoms with Gasteiger partial charge in [-0.3, -0.25) is 0 Å². The number of pyridine rings is 1. The fourth-order valence-electron chi connectivity index (χ4n) is 1.44. The first-order valence-corrected chi connectivity index (χ1v) is 4.97. The number of hydrogen-bond acceptors (Lipinski definition) is 3. The van der Waals surface area contributed by atoms with Crippen molar-refractivity contribution in [3.8, 4) is 5.88 Å². The summed E-state index contributed by atoms with van der Waals surface area (Å²) in [4.78, 5) is 4.22. The zero-order valence-electron chi connectivity index (χ0n) is 8.92. The third-order valence-corrected chi connectivity index (χ3v) is 2.20. The third kappa shape index (κ3) is 3.00. The molecular formula is C11H18N2O. The Labute approximate surface area is 85.3 Å². The monoisotopic (exact) mass is 194 g/mol. The molecule has 0 unspecified atom stereocenters. The van der Waals surface area contributed by atoms with Crippen molar-refractivity contribution in [1.29, 1.82) is 0 Å². The van der Waals surface area contributed by atoms with E-state index in [1.54, 1.807) is 7.11 Å². The molecule has 1 aromatic heterocycles. The normalized spacial score (nSPS) is 10.2. The van der Waals surface area contributed by atoms with Gasteiger partial charge in [0.15, 0.2) is 0 Å². The molecule has 0 atom stereocenters. The molecular weight excluding hydrogens is 176 g/mol. The van der Waals surface area contributed by atoms with E-state index in [1.165, 1.54) is 5.56 Å². The molecule has 1 rings (SSSR count). The van der Waals surface area contributed by atoms with Crippen molar-refractivity contribution in [1.82, 2.24) is 4.98 Å². The van der Waals surface area contributed by atoms with E-state index >= 15 is 0 Å². The van der Waals surface area contributed by atoms with Crippen LogP contribution in [0.3, 0.4) is 0 Å². The highest BCUT2D eigenvalue weighted by Gasteiger charge is 2.00. The number of unbranched alkanes of at least 4 members (excludes halogenated alkanes) is 1. The zero-order valence-corrected chi connectivity index (χ0v) is 8.92. The number of nitrogens with two attached hydrogens (primary N) is 1. The summed E-state index contributed by atoms with van der Waals surface area (Å²) in [5, 5.41) is 0. The van der Waals surface area contributed by atoms with Gasteiger partial charge >= 0.3 is 0 Å². The zero-order chi connectivity index (χ0) is 10.4. The number of hydrogen-bond donors (Lipinski definition) is 1. The maximum Gasteiger partial charge on any atom is 0.215 e. The van der Waals surface area contributed by atoms with Crippen molar-refractivity contribution in [2.24, 2.45) is 5.73 Å². The molecule has 0 fully saturated rings. The number of rotatable bonds is 5. The summed E-state index contributed by atoms with van der Waals surface area (Å²) in [5.41, 5.74) is 7.79. The fourth-order valence-corrected chi connectivity index (χ4v) is 1.44. The van der Waals surface area contributed by atoms with E-state index in [0.717, 1.165) is 31.4 Å². The summed E-state index contributed by atoms with van der Waals surface area (Å²) >= 11 is 0. The Balaban J connectivity index is 2.57. The molecule has 1 heterocycles. The van der Waals surface area contributed by atoms with Gasteiger partial charge in [0.25, 0.3) is 0 Å². The van der Waals surface area contributed by atoms with E-state index in [0.29, 0.717) is 5.88 Å². The Kier molecular flexibility index (Phi) is 4.40. The van der Waals surface area contributed by atoms with Crippen molar-refractivity contribution in [3.63, 3.8) is 0 Å². The lowest BCUT2D eigenvalue weighted by Gasteiger charge is -2.05. The first-order valence-electron chi connectivity index (χ1n) is 4.97. The fraction of sp³-hybridized carbons (Fsp3) is 0.545. The summed E-state index contributed by atoms with van der Waals surface area (Å²) in [7, 11) is 1.64. The highest BCUT2D eigenvalue weighted by Crippen LogP contribution is 2.15. The van der Waals surface area contributed by atoms with Gasteiger partial charge in [-0.2, -0.15) is 0 Å². The molecule has 0 bridgehead atoms. The second-order valence-corrected chi connectivity index (χ2v) is 3.42. The maximum absolute atomic E-state index is 5.43. The van der Waals surface area contributed by atoms with Gasteiger partial charge in [-0.1, -0.05) is 0 Å². The minimum Gasteiger partial charge on any atom is -0.481 e. The standard InChI is InChI=1S/C11H18N2O/c1-9-7-10(5-3-4-6-12)8-13-11(9)14-2/h7-8H,3-6,12H2,1-2H3. The number of nitrogens with zero attached hydrogens (tertiary/aromatic N) is 1. The Morgan fingerprint density at radius 1 is 1.43 bits per heavy atom. The first kappa shape index (κ1) is 11.0. The topological polar surface area (TPSA) is 48.1 Å². The maximum atomic E-state index is 5.43. The highest BCUT2D eigenvalue weighted by molar-refractivity contribution is 5.28. The van der Waals surface area contributed by atoms with Crippen LogP contribution in [0.15, 0.2) is 12.3 Å². The van der Waals surface area contributed by atoms with Crippen LogP contribution in [0.1, 0.15) is 24.0 Å². The number of aromatic nitrogens is 1. The molecule has 0 aliphatic carbocycles. The van der Waals surface area contributed by atoms with Gasteiger partial charge < -0.3 is 10.5 Å². The van der Waals surface area contributed by atoms with Crippen molar-refractivity contribution in [2.45, 2.75) is 26.2 Å². The van der Waals surface area contributed by atoms with Gasteiger partial charge in [-0.05, 0) is 44.4 Å². The van der Waals surface area contributed by atoms with Crippen LogP contribution >= 0.6 is 0 Å². The summed E-state index contributed by atoms with van der Waals surface area (Å²) in [6.45, 7) is 2.78. The van der Waals surface area contributed by atoms with Gasteiger partial charge in [0, 0.05) is 11.8 Å². The molecule has 0 saturated carbocycles. The Bertz CT molecular complexity index is 287.